The molecule has 4 unspecified atom stereocenters. The van der Waals surface area contributed by atoms with Crippen LogP contribution in [0.4, 0.5) is 0 Å². The highest BCUT2D eigenvalue weighted by molar-refractivity contribution is 5.14. The third-order valence-electron chi connectivity index (χ3n) is 4.52. The molecule has 0 heterocycles. The molecule has 0 bridgehead atoms. The van der Waals surface area contributed by atoms with Crippen molar-refractivity contribution in [2.75, 3.05) is 0 Å². The van der Waals surface area contributed by atoms with E-state index in [0.717, 1.165) is 25.7 Å². The molecule has 1 aliphatic carbocycles. The normalized spacial score (nSPS) is 36.9. The van der Waals surface area contributed by atoms with Gasteiger partial charge in [-0.05, 0) is 38.0 Å². The van der Waals surface area contributed by atoms with Crippen LogP contribution >= 0.6 is 0 Å². The molecule has 0 aromatic heterocycles. The van der Waals surface area contributed by atoms with Gasteiger partial charge in [0.25, 0.3) is 0 Å². The largest absolute Gasteiger partial charge is 0.388 e. The summed E-state index contributed by atoms with van der Waals surface area (Å²) in [5.74, 6) is 0.752. The summed E-state index contributed by atoms with van der Waals surface area (Å²) < 4.78 is 0. The molecule has 1 rings (SSSR count). The van der Waals surface area contributed by atoms with Crippen molar-refractivity contribution in [1.29, 1.82) is 5.26 Å². The van der Waals surface area contributed by atoms with Crippen LogP contribution in [0.25, 0.3) is 0 Å². The zero-order valence-electron chi connectivity index (χ0n) is 10.4. The van der Waals surface area contributed by atoms with E-state index in [9.17, 15) is 10.4 Å². The van der Waals surface area contributed by atoms with Crippen LogP contribution in [0.5, 0.6) is 0 Å². The monoisotopic (exact) mass is 209 g/mol. The quantitative estimate of drug-likeness (QED) is 0.776. The summed E-state index contributed by atoms with van der Waals surface area (Å²) in [5.41, 5.74) is -1.36. The second-order valence-electron chi connectivity index (χ2n) is 5.50. The van der Waals surface area contributed by atoms with Crippen LogP contribution in [-0.2, 0) is 0 Å². The Morgan fingerprint density at radius 3 is 2.60 bits per heavy atom. The van der Waals surface area contributed by atoms with Crippen molar-refractivity contribution in [1.82, 2.24) is 0 Å². The molecule has 0 saturated heterocycles. The molecule has 4 atom stereocenters. The van der Waals surface area contributed by atoms with E-state index in [1.165, 1.54) is 0 Å². The van der Waals surface area contributed by atoms with Gasteiger partial charge in [0.2, 0.25) is 0 Å². The lowest BCUT2D eigenvalue weighted by atomic mass is 9.66. The number of hydrogen-bond acceptors (Lipinski definition) is 2. The maximum atomic E-state index is 10.6. The van der Waals surface area contributed by atoms with Gasteiger partial charge >= 0.3 is 0 Å². The summed E-state index contributed by atoms with van der Waals surface area (Å²) in [6.07, 6.45) is 3.69. The Morgan fingerprint density at radius 2 is 2.27 bits per heavy atom. The molecule has 1 aliphatic rings. The van der Waals surface area contributed by atoms with Crippen molar-refractivity contribution in [3.63, 3.8) is 0 Å². The minimum absolute atomic E-state index is 0.183. The number of nitriles is 1. The van der Waals surface area contributed by atoms with Crippen LogP contribution < -0.4 is 0 Å². The minimum Gasteiger partial charge on any atom is -0.388 e. The highest BCUT2D eigenvalue weighted by atomic mass is 16.3. The van der Waals surface area contributed by atoms with E-state index in [0.29, 0.717) is 5.92 Å². The van der Waals surface area contributed by atoms with E-state index in [2.05, 4.69) is 19.9 Å². The molecule has 0 amide bonds. The Balaban J connectivity index is 2.97. The summed E-state index contributed by atoms with van der Waals surface area (Å²) in [4.78, 5) is 0. The summed E-state index contributed by atoms with van der Waals surface area (Å²) in [7, 11) is 0. The highest BCUT2D eigenvalue weighted by Gasteiger charge is 2.53. The lowest BCUT2D eigenvalue weighted by Crippen LogP contribution is -2.48. The predicted octanol–water partition coefficient (Wildman–Crippen LogP) is 3.11. The Bertz CT molecular complexity index is 266. The molecule has 2 heteroatoms. The lowest BCUT2D eigenvalue weighted by molar-refractivity contribution is -0.0816. The molecular weight excluding hydrogens is 186 g/mol. The van der Waals surface area contributed by atoms with E-state index in [1.807, 2.05) is 13.8 Å². The van der Waals surface area contributed by atoms with Gasteiger partial charge in [0.1, 0.15) is 0 Å². The third-order valence-corrected chi connectivity index (χ3v) is 4.52. The zero-order valence-corrected chi connectivity index (χ0v) is 10.4. The fraction of sp³-hybridized carbons (Fsp3) is 0.923. The van der Waals surface area contributed by atoms with Crippen molar-refractivity contribution < 1.29 is 5.11 Å². The predicted molar refractivity (Wildman–Crippen MR) is 61.1 cm³/mol. The lowest BCUT2D eigenvalue weighted by Gasteiger charge is -2.42. The highest BCUT2D eigenvalue weighted by Crippen LogP contribution is 2.51. The van der Waals surface area contributed by atoms with Crippen molar-refractivity contribution in [2.24, 2.45) is 17.3 Å². The number of nitrogens with zero attached hydrogens (tertiary/aromatic N) is 1. The SMILES string of the molecule is CCC(C)C(C)(O)C1(C#N)CCC(C)C1. The Labute approximate surface area is 93.3 Å². The van der Waals surface area contributed by atoms with Gasteiger partial charge in [-0.1, -0.05) is 27.2 Å². The maximum Gasteiger partial charge on any atom is 0.0862 e. The standard InChI is InChI=1S/C13H23NO/c1-5-11(3)12(4,15)13(9-14)7-6-10(2)8-13/h10-11,15H,5-8H2,1-4H3. The first-order valence-corrected chi connectivity index (χ1v) is 6.03. The average molecular weight is 209 g/mol. The number of rotatable bonds is 3. The first kappa shape index (κ1) is 12.5. The first-order chi connectivity index (χ1) is 6.89. The van der Waals surface area contributed by atoms with Gasteiger partial charge in [-0.25, -0.2) is 0 Å². The van der Waals surface area contributed by atoms with Gasteiger partial charge in [0, 0.05) is 0 Å². The molecule has 2 nitrogen and oxygen atoms in total. The minimum atomic E-state index is -0.846. The van der Waals surface area contributed by atoms with Crippen LogP contribution in [-0.4, -0.2) is 10.7 Å². The van der Waals surface area contributed by atoms with E-state index >= 15 is 0 Å². The summed E-state index contributed by atoms with van der Waals surface area (Å²) in [6.45, 7) is 8.14. The first-order valence-electron chi connectivity index (χ1n) is 6.03. The molecule has 0 radical (unpaired) electrons. The fourth-order valence-electron chi connectivity index (χ4n) is 2.84. The van der Waals surface area contributed by atoms with Gasteiger partial charge in [-0.2, -0.15) is 5.26 Å². The molecule has 0 aromatic carbocycles. The Morgan fingerprint density at radius 1 is 1.67 bits per heavy atom. The van der Waals surface area contributed by atoms with Gasteiger partial charge in [-0.15, -0.1) is 0 Å². The smallest absolute Gasteiger partial charge is 0.0862 e. The van der Waals surface area contributed by atoms with Gasteiger partial charge < -0.3 is 5.11 Å². The zero-order chi connectivity index (χ0) is 11.7. The van der Waals surface area contributed by atoms with Gasteiger partial charge in [0.05, 0.1) is 17.1 Å². The average Bonchev–Trinajstić information content (AvgIpc) is 2.60. The molecule has 1 N–H and O–H groups in total. The van der Waals surface area contributed by atoms with E-state index in [1.54, 1.807) is 0 Å². The molecule has 1 saturated carbocycles. The van der Waals surface area contributed by atoms with Gasteiger partial charge in [0.15, 0.2) is 0 Å². The number of hydrogen-bond donors (Lipinski definition) is 1. The fourth-order valence-corrected chi connectivity index (χ4v) is 2.84. The molecule has 0 aliphatic heterocycles. The Hall–Kier alpha value is -0.550. The second kappa shape index (κ2) is 4.14. The van der Waals surface area contributed by atoms with Crippen LogP contribution in [0.15, 0.2) is 0 Å². The van der Waals surface area contributed by atoms with Crippen molar-refractivity contribution >= 4 is 0 Å². The molecule has 15 heavy (non-hydrogen) atoms. The second-order valence-corrected chi connectivity index (χ2v) is 5.50. The summed E-state index contributed by atoms with van der Waals surface area (Å²) in [5, 5.41) is 20.0. The molecule has 0 aromatic rings. The topological polar surface area (TPSA) is 44.0 Å². The van der Waals surface area contributed by atoms with Crippen molar-refractivity contribution in [3.8, 4) is 6.07 Å². The van der Waals surface area contributed by atoms with Crippen LogP contribution in [0, 0.1) is 28.6 Å². The van der Waals surface area contributed by atoms with E-state index in [4.69, 9.17) is 0 Å². The van der Waals surface area contributed by atoms with Gasteiger partial charge in [-0.3, -0.25) is 0 Å². The summed E-state index contributed by atoms with van der Waals surface area (Å²) in [6, 6.07) is 2.41. The molecule has 1 fully saturated rings. The molecule has 86 valence electrons. The Kier molecular flexibility index (Phi) is 3.45. The third kappa shape index (κ3) is 1.90. The van der Waals surface area contributed by atoms with Crippen molar-refractivity contribution in [3.05, 3.63) is 0 Å². The van der Waals surface area contributed by atoms with Crippen LogP contribution in [0.1, 0.15) is 53.4 Å². The maximum absolute atomic E-state index is 10.6. The number of aliphatic hydroxyl groups is 1. The van der Waals surface area contributed by atoms with Crippen LogP contribution in [0.2, 0.25) is 0 Å². The summed E-state index contributed by atoms with van der Waals surface area (Å²) >= 11 is 0. The van der Waals surface area contributed by atoms with E-state index in [-0.39, 0.29) is 5.92 Å². The van der Waals surface area contributed by atoms with Crippen LogP contribution in [0.3, 0.4) is 0 Å². The molecule has 0 spiro atoms. The molecular formula is C13H23NO. The van der Waals surface area contributed by atoms with E-state index < -0.39 is 11.0 Å². The van der Waals surface area contributed by atoms with Crippen molar-refractivity contribution in [2.45, 2.75) is 59.0 Å².